The average molecular weight is 357 g/mol. The highest BCUT2D eigenvalue weighted by Crippen LogP contribution is 2.22. The van der Waals surface area contributed by atoms with Gasteiger partial charge in [0, 0.05) is 16.7 Å². The maximum Gasteiger partial charge on any atom is 0.454 e. The van der Waals surface area contributed by atoms with Gasteiger partial charge in [0.2, 0.25) is 0 Å². The van der Waals surface area contributed by atoms with Crippen LogP contribution in [-0.2, 0) is 11.4 Å². The smallest absolute Gasteiger partial charge is 0.454 e. The minimum atomic E-state index is -5.02. The van der Waals surface area contributed by atoms with Gasteiger partial charge < -0.3 is 9.84 Å². The fourth-order valence-electron chi connectivity index (χ4n) is 1.76. The number of carbonyl (C=O) groups is 1. The Morgan fingerprint density at radius 3 is 2.21 bits per heavy atom. The first kappa shape index (κ1) is 17.9. The molecule has 0 aliphatic rings. The number of hydrogen-bond acceptors (Lipinski definition) is 3. The molecule has 0 saturated carbocycles. The van der Waals surface area contributed by atoms with E-state index in [2.05, 4.69) is 0 Å². The van der Waals surface area contributed by atoms with Crippen molar-refractivity contribution in [3.63, 3.8) is 0 Å². The van der Waals surface area contributed by atoms with Crippen molar-refractivity contribution in [1.82, 2.24) is 0 Å². The predicted octanol–water partition coefficient (Wildman–Crippen LogP) is 4.95. The number of halogens is 4. The van der Waals surface area contributed by atoms with Crippen LogP contribution in [0.5, 0.6) is 5.75 Å². The monoisotopic (exact) mass is 356 g/mol. The molecule has 0 amide bonds. The predicted molar refractivity (Wildman–Crippen MR) is 83.9 cm³/mol. The molecule has 2 aromatic carbocycles. The van der Waals surface area contributed by atoms with Gasteiger partial charge in [0.1, 0.15) is 18.1 Å². The molecule has 24 heavy (non-hydrogen) atoms. The maximum absolute atomic E-state index is 12.1. The summed E-state index contributed by atoms with van der Waals surface area (Å²) in [6.07, 6.45) is -4.88. The summed E-state index contributed by atoms with van der Waals surface area (Å²) in [6.45, 7) is 0.283. The van der Waals surface area contributed by atoms with E-state index in [0.717, 1.165) is 5.56 Å². The molecular formula is C17H12ClF3O3. The number of benzene rings is 2. The van der Waals surface area contributed by atoms with Gasteiger partial charge in [-0.3, -0.25) is 4.79 Å². The minimum absolute atomic E-state index is 0.0754. The Hall–Kier alpha value is -2.47. The summed E-state index contributed by atoms with van der Waals surface area (Å²) < 4.78 is 41.9. The Balaban J connectivity index is 2.01. The summed E-state index contributed by atoms with van der Waals surface area (Å²) in [6, 6.07) is 12.7. The Bertz CT molecular complexity index is 735. The van der Waals surface area contributed by atoms with E-state index in [0.29, 0.717) is 10.8 Å². The quantitative estimate of drug-likeness (QED) is 0.609. The Labute approximate surface area is 140 Å². The number of carbonyl (C=O) groups excluding carboxylic acids is 1. The topological polar surface area (TPSA) is 46.5 Å². The fourth-order valence-corrected chi connectivity index (χ4v) is 1.88. The second-order valence-corrected chi connectivity index (χ2v) is 5.27. The fraction of sp³-hybridized carbons (Fsp3) is 0.118. The van der Waals surface area contributed by atoms with Gasteiger partial charge in [-0.05, 0) is 42.0 Å². The zero-order chi connectivity index (χ0) is 17.7. The van der Waals surface area contributed by atoms with Gasteiger partial charge in [-0.2, -0.15) is 13.2 Å². The molecule has 0 saturated heterocycles. The summed E-state index contributed by atoms with van der Waals surface area (Å²) in [4.78, 5) is 10.8. The van der Waals surface area contributed by atoms with E-state index in [1.54, 1.807) is 24.3 Å². The van der Waals surface area contributed by atoms with Crippen molar-refractivity contribution in [2.24, 2.45) is 0 Å². The first-order chi connectivity index (χ1) is 11.3. The van der Waals surface area contributed by atoms with Crippen LogP contribution >= 0.6 is 11.6 Å². The zero-order valence-corrected chi connectivity index (χ0v) is 12.9. The molecule has 0 aliphatic carbocycles. The van der Waals surface area contributed by atoms with Crippen LogP contribution in [0.15, 0.2) is 54.6 Å². The summed E-state index contributed by atoms with van der Waals surface area (Å²) in [5.41, 5.74) is 0.966. The van der Waals surface area contributed by atoms with E-state index in [4.69, 9.17) is 16.3 Å². The molecule has 0 heterocycles. The van der Waals surface area contributed by atoms with E-state index in [-0.39, 0.29) is 18.2 Å². The highest BCUT2D eigenvalue weighted by atomic mass is 35.5. The molecule has 0 unspecified atom stereocenters. The molecule has 0 radical (unpaired) electrons. The number of hydrogen-bond donors (Lipinski definition) is 1. The van der Waals surface area contributed by atoms with Crippen molar-refractivity contribution in [3.05, 3.63) is 70.8 Å². The highest BCUT2D eigenvalue weighted by molar-refractivity contribution is 6.30. The number of alkyl halides is 3. The van der Waals surface area contributed by atoms with Crippen LogP contribution in [-0.4, -0.2) is 17.1 Å². The van der Waals surface area contributed by atoms with Gasteiger partial charge in [0.25, 0.3) is 5.78 Å². The van der Waals surface area contributed by atoms with Crippen molar-refractivity contribution in [1.29, 1.82) is 0 Å². The maximum atomic E-state index is 12.1. The van der Waals surface area contributed by atoms with Crippen LogP contribution in [0, 0.1) is 0 Å². The van der Waals surface area contributed by atoms with Crippen LogP contribution in [0.25, 0.3) is 5.76 Å². The minimum Gasteiger partial charge on any atom is -0.507 e. The van der Waals surface area contributed by atoms with Crippen molar-refractivity contribution in [3.8, 4) is 5.75 Å². The standard InChI is InChI=1S/C17H12ClF3O3/c18-13-5-1-11(2-6-13)10-24-14-7-3-12(4-8-14)15(22)9-16(23)17(19,20)21/h1-9,22H,10H2. The number of allylic oxidation sites excluding steroid dienone is 1. The van der Waals surface area contributed by atoms with Gasteiger partial charge in [0.15, 0.2) is 0 Å². The molecular weight excluding hydrogens is 345 g/mol. The first-order valence-electron chi connectivity index (χ1n) is 6.75. The molecule has 0 aliphatic heterocycles. The average Bonchev–Trinajstić information content (AvgIpc) is 2.54. The van der Waals surface area contributed by atoms with Gasteiger partial charge in [-0.25, -0.2) is 0 Å². The van der Waals surface area contributed by atoms with E-state index < -0.39 is 17.7 Å². The molecule has 0 aromatic heterocycles. The number of rotatable bonds is 5. The van der Waals surface area contributed by atoms with Crippen LogP contribution in [0.4, 0.5) is 13.2 Å². The van der Waals surface area contributed by atoms with Crippen LogP contribution in [0.3, 0.4) is 0 Å². The second kappa shape index (κ2) is 7.40. The summed E-state index contributed by atoms with van der Waals surface area (Å²) in [5, 5.41) is 10.2. The summed E-state index contributed by atoms with van der Waals surface area (Å²) in [7, 11) is 0. The van der Waals surface area contributed by atoms with Crippen LogP contribution in [0.2, 0.25) is 5.02 Å². The number of aliphatic hydroxyl groups is 1. The van der Waals surface area contributed by atoms with Crippen molar-refractivity contribution in [2.75, 3.05) is 0 Å². The molecule has 1 N–H and O–H groups in total. The molecule has 0 bridgehead atoms. The second-order valence-electron chi connectivity index (χ2n) is 4.83. The molecule has 0 spiro atoms. The van der Waals surface area contributed by atoms with Crippen molar-refractivity contribution >= 4 is 23.1 Å². The van der Waals surface area contributed by atoms with Crippen molar-refractivity contribution in [2.45, 2.75) is 12.8 Å². The van der Waals surface area contributed by atoms with Crippen LogP contribution in [0.1, 0.15) is 11.1 Å². The van der Waals surface area contributed by atoms with Gasteiger partial charge in [-0.1, -0.05) is 23.7 Å². The summed E-state index contributed by atoms with van der Waals surface area (Å²) >= 11 is 5.78. The molecule has 0 fully saturated rings. The molecule has 3 nitrogen and oxygen atoms in total. The third-order valence-corrected chi connectivity index (χ3v) is 3.27. The lowest BCUT2D eigenvalue weighted by Crippen LogP contribution is -2.20. The Morgan fingerprint density at radius 1 is 1.08 bits per heavy atom. The molecule has 2 rings (SSSR count). The lowest BCUT2D eigenvalue weighted by molar-refractivity contribution is -0.165. The summed E-state index contributed by atoms with van der Waals surface area (Å²) in [5.74, 6) is -2.42. The lowest BCUT2D eigenvalue weighted by Gasteiger charge is -2.08. The van der Waals surface area contributed by atoms with E-state index in [1.165, 1.54) is 24.3 Å². The first-order valence-corrected chi connectivity index (χ1v) is 7.13. The molecule has 0 atom stereocenters. The van der Waals surface area contributed by atoms with Gasteiger partial charge in [-0.15, -0.1) is 0 Å². The molecule has 126 valence electrons. The lowest BCUT2D eigenvalue weighted by atomic mass is 10.1. The largest absolute Gasteiger partial charge is 0.507 e. The van der Waals surface area contributed by atoms with Gasteiger partial charge >= 0.3 is 6.18 Å². The number of aliphatic hydroxyl groups excluding tert-OH is 1. The molecule has 7 heteroatoms. The molecule has 2 aromatic rings. The number of ketones is 1. The Kier molecular flexibility index (Phi) is 5.51. The van der Waals surface area contributed by atoms with E-state index in [9.17, 15) is 23.1 Å². The van der Waals surface area contributed by atoms with Gasteiger partial charge in [0.05, 0.1) is 0 Å². The number of ether oxygens (including phenoxy) is 1. The van der Waals surface area contributed by atoms with Crippen molar-refractivity contribution < 1.29 is 27.8 Å². The Morgan fingerprint density at radius 2 is 1.67 bits per heavy atom. The SMILES string of the molecule is O=C(C=C(O)c1ccc(OCc2ccc(Cl)cc2)cc1)C(F)(F)F. The van der Waals surface area contributed by atoms with E-state index in [1.807, 2.05) is 0 Å². The zero-order valence-electron chi connectivity index (χ0n) is 12.2. The third-order valence-electron chi connectivity index (χ3n) is 3.02. The van der Waals surface area contributed by atoms with Crippen LogP contribution < -0.4 is 4.74 Å². The normalized spacial score (nSPS) is 12.1. The highest BCUT2D eigenvalue weighted by Gasteiger charge is 2.36. The van der Waals surface area contributed by atoms with E-state index >= 15 is 0 Å². The third kappa shape index (κ3) is 5.03.